The third-order valence-electron chi connectivity index (χ3n) is 3.94. The zero-order chi connectivity index (χ0) is 16.7. The SMILES string of the molecule is CCC[C@@H](C)NC(=O)COC(=O)c1ccc[nH+]c1N1CCCC1. The summed E-state index contributed by atoms with van der Waals surface area (Å²) in [6, 6.07) is 3.58. The number of ether oxygens (including phenoxy) is 1. The van der Waals surface area contributed by atoms with E-state index in [1.54, 1.807) is 18.3 Å². The number of esters is 1. The molecule has 0 bridgehead atoms. The Morgan fingerprint density at radius 2 is 2.13 bits per heavy atom. The van der Waals surface area contributed by atoms with Crippen molar-refractivity contribution < 1.29 is 19.3 Å². The summed E-state index contributed by atoms with van der Waals surface area (Å²) < 4.78 is 5.17. The van der Waals surface area contributed by atoms with Gasteiger partial charge in [-0.15, -0.1) is 0 Å². The number of nitrogens with zero attached hydrogens (tertiary/aromatic N) is 1. The lowest BCUT2D eigenvalue weighted by Gasteiger charge is -2.14. The van der Waals surface area contributed by atoms with E-state index in [-0.39, 0.29) is 18.6 Å². The van der Waals surface area contributed by atoms with E-state index in [4.69, 9.17) is 4.74 Å². The van der Waals surface area contributed by atoms with Gasteiger partial charge in [-0.1, -0.05) is 13.3 Å². The number of carbonyl (C=O) groups excluding carboxylic acids is 2. The Morgan fingerprint density at radius 3 is 2.83 bits per heavy atom. The number of aromatic amines is 1. The second kappa shape index (κ2) is 8.50. The molecule has 2 rings (SSSR count). The molecular formula is C17H26N3O3+. The number of H-pyrrole nitrogens is 1. The lowest BCUT2D eigenvalue weighted by atomic mass is 10.2. The topological polar surface area (TPSA) is 72.8 Å². The molecule has 1 aliphatic heterocycles. The number of rotatable bonds is 7. The molecule has 1 fully saturated rings. The molecule has 23 heavy (non-hydrogen) atoms. The van der Waals surface area contributed by atoms with Crippen LogP contribution in [0.4, 0.5) is 5.82 Å². The van der Waals surface area contributed by atoms with Gasteiger partial charge in [0, 0.05) is 6.04 Å². The van der Waals surface area contributed by atoms with E-state index in [9.17, 15) is 9.59 Å². The van der Waals surface area contributed by atoms with Crippen LogP contribution in [0.2, 0.25) is 0 Å². The van der Waals surface area contributed by atoms with Gasteiger partial charge in [0.15, 0.2) is 6.61 Å². The van der Waals surface area contributed by atoms with Gasteiger partial charge in [-0.3, -0.25) is 9.69 Å². The molecule has 1 saturated heterocycles. The first-order valence-electron chi connectivity index (χ1n) is 8.34. The van der Waals surface area contributed by atoms with Crippen LogP contribution < -0.4 is 15.2 Å². The van der Waals surface area contributed by atoms with E-state index in [0.29, 0.717) is 5.56 Å². The fraction of sp³-hybridized carbons (Fsp3) is 0.588. The minimum Gasteiger partial charge on any atom is -0.452 e. The predicted octanol–water partition coefficient (Wildman–Crippen LogP) is 1.56. The van der Waals surface area contributed by atoms with Crippen LogP contribution in [0.5, 0.6) is 0 Å². The maximum absolute atomic E-state index is 12.3. The summed E-state index contributed by atoms with van der Waals surface area (Å²) in [5.41, 5.74) is 0.476. The van der Waals surface area contributed by atoms with Crippen LogP contribution in [-0.2, 0) is 9.53 Å². The predicted molar refractivity (Wildman–Crippen MR) is 87.2 cm³/mol. The van der Waals surface area contributed by atoms with Crippen molar-refractivity contribution in [3.05, 3.63) is 23.9 Å². The summed E-state index contributed by atoms with van der Waals surface area (Å²) in [7, 11) is 0. The quantitative estimate of drug-likeness (QED) is 0.774. The first-order valence-corrected chi connectivity index (χ1v) is 8.34. The first kappa shape index (κ1) is 17.2. The summed E-state index contributed by atoms with van der Waals surface area (Å²) in [6.07, 6.45) is 5.94. The van der Waals surface area contributed by atoms with Gasteiger partial charge < -0.3 is 10.1 Å². The normalized spacial score (nSPS) is 15.3. The maximum Gasteiger partial charge on any atom is 0.347 e. The van der Waals surface area contributed by atoms with Gasteiger partial charge in [-0.25, -0.2) is 9.78 Å². The Morgan fingerprint density at radius 1 is 1.39 bits per heavy atom. The molecule has 0 spiro atoms. The van der Waals surface area contributed by atoms with Gasteiger partial charge in [-0.05, 0) is 38.3 Å². The zero-order valence-electron chi connectivity index (χ0n) is 13.9. The molecule has 2 N–H and O–H groups in total. The second-order valence-electron chi connectivity index (χ2n) is 5.96. The summed E-state index contributed by atoms with van der Waals surface area (Å²) in [5.74, 6) is 0.0405. The number of nitrogens with one attached hydrogen (secondary N) is 2. The van der Waals surface area contributed by atoms with Crippen molar-refractivity contribution in [2.45, 2.75) is 45.6 Å². The average Bonchev–Trinajstić information content (AvgIpc) is 3.07. The van der Waals surface area contributed by atoms with Crippen molar-refractivity contribution in [1.82, 2.24) is 5.32 Å². The van der Waals surface area contributed by atoms with Crippen LogP contribution in [0.25, 0.3) is 0 Å². The molecule has 1 atom stereocenters. The van der Waals surface area contributed by atoms with Gasteiger partial charge >= 0.3 is 5.97 Å². The van der Waals surface area contributed by atoms with Crippen LogP contribution in [0.3, 0.4) is 0 Å². The Kier molecular flexibility index (Phi) is 6.38. The monoisotopic (exact) mass is 320 g/mol. The van der Waals surface area contributed by atoms with Gasteiger partial charge in [0.25, 0.3) is 11.7 Å². The highest BCUT2D eigenvalue weighted by Crippen LogP contribution is 2.20. The smallest absolute Gasteiger partial charge is 0.347 e. The van der Waals surface area contributed by atoms with Crippen LogP contribution in [0.1, 0.15) is 49.9 Å². The van der Waals surface area contributed by atoms with Crippen molar-refractivity contribution in [3.63, 3.8) is 0 Å². The zero-order valence-corrected chi connectivity index (χ0v) is 13.9. The maximum atomic E-state index is 12.3. The molecule has 0 unspecified atom stereocenters. The Labute approximate surface area is 137 Å². The van der Waals surface area contributed by atoms with Crippen molar-refractivity contribution in [2.24, 2.45) is 0 Å². The van der Waals surface area contributed by atoms with Gasteiger partial charge in [0.05, 0.1) is 19.3 Å². The van der Waals surface area contributed by atoms with E-state index >= 15 is 0 Å². The van der Waals surface area contributed by atoms with Gasteiger partial charge in [0.1, 0.15) is 5.56 Å². The number of anilines is 1. The first-order chi connectivity index (χ1) is 11.1. The minimum atomic E-state index is -0.470. The fourth-order valence-electron chi connectivity index (χ4n) is 2.83. The molecule has 0 radical (unpaired) electrons. The van der Waals surface area contributed by atoms with E-state index < -0.39 is 5.97 Å². The van der Waals surface area contributed by atoms with E-state index in [1.165, 1.54) is 0 Å². The van der Waals surface area contributed by atoms with Crippen LogP contribution in [-0.4, -0.2) is 37.6 Å². The lowest BCUT2D eigenvalue weighted by molar-refractivity contribution is -0.364. The molecule has 6 nitrogen and oxygen atoms in total. The number of hydrogen-bond donors (Lipinski definition) is 1. The van der Waals surface area contributed by atoms with Crippen LogP contribution >= 0.6 is 0 Å². The molecule has 0 aliphatic carbocycles. The summed E-state index contributed by atoms with van der Waals surface area (Å²) >= 11 is 0. The highest BCUT2D eigenvalue weighted by atomic mass is 16.5. The largest absolute Gasteiger partial charge is 0.452 e. The van der Waals surface area contributed by atoms with Crippen molar-refractivity contribution >= 4 is 17.7 Å². The molecule has 0 saturated carbocycles. The number of amides is 1. The molecular weight excluding hydrogens is 294 g/mol. The Balaban J connectivity index is 1.92. The highest BCUT2D eigenvalue weighted by Gasteiger charge is 2.27. The lowest BCUT2D eigenvalue weighted by Crippen LogP contribution is -2.36. The minimum absolute atomic E-state index is 0.0939. The van der Waals surface area contributed by atoms with E-state index in [0.717, 1.165) is 44.6 Å². The Bertz CT molecular complexity index is 542. The van der Waals surface area contributed by atoms with Crippen molar-refractivity contribution in [1.29, 1.82) is 0 Å². The number of aromatic nitrogens is 1. The number of hydrogen-bond acceptors (Lipinski definition) is 4. The number of pyridine rings is 1. The fourth-order valence-corrected chi connectivity index (χ4v) is 2.83. The molecule has 1 amide bonds. The average molecular weight is 320 g/mol. The summed E-state index contributed by atoms with van der Waals surface area (Å²) in [6.45, 7) is 5.61. The second-order valence-corrected chi connectivity index (χ2v) is 5.96. The molecule has 0 aromatic carbocycles. The molecule has 126 valence electrons. The molecule has 1 aromatic rings. The number of carbonyl (C=O) groups is 2. The molecule has 2 heterocycles. The van der Waals surface area contributed by atoms with E-state index in [2.05, 4.69) is 22.1 Å². The van der Waals surface area contributed by atoms with Crippen LogP contribution in [0, 0.1) is 0 Å². The summed E-state index contributed by atoms with van der Waals surface area (Å²) in [4.78, 5) is 29.3. The van der Waals surface area contributed by atoms with Crippen molar-refractivity contribution in [3.8, 4) is 0 Å². The van der Waals surface area contributed by atoms with Gasteiger partial charge in [-0.2, -0.15) is 0 Å². The third-order valence-corrected chi connectivity index (χ3v) is 3.94. The third kappa shape index (κ3) is 4.94. The van der Waals surface area contributed by atoms with Gasteiger partial charge in [0.2, 0.25) is 0 Å². The summed E-state index contributed by atoms with van der Waals surface area (Å²) in [5, 5.41) is 2.82. The molecule has 6 heteroatoms. The van der Waals surface area contributed by atoms with Crippen LogP contribution in [0.15, 0.2) is 18.3 Å². The Hall–Kier alpha value is -2.11. The van der Waals surface area contributed by atoms with Crippen molar-refractivity contribution in [2.75, 3.05) is 24.6 Å². The standard InChI is InChI=1S/C17H25N3O3/c1-3-7-13(2)19-15(21)12-23-17(22)14-8-6-9-18-16(14)20-10-4-5-11-20/h6,8-9,13H,3-5,7,10-12H2,1-2H3,(H,19,21)/p+1/t13-/m1/s1. The molecule has 1 aliphatic rings. The molecule has 1 aromatic heterocycles. The highest BCUT2D eigenvalue weighted by molar-refractivity contribution is 5.95. The van der Waals surface area contributed by atoms with E-state index in [1.807, 2.05) is 6.92 Å².